The molecule has 2 aromatic heterocycles. The van der Waals surface area contributed by atoms with Crippen LogP contribution in [-0.4, -0.2) is 104 Å². The average Bonchev–Trinajstić information content (AvgIpc) is 3.28. The Bertz CT molecular complexity index is 1420. The van der Waals surface area contributed by atoms with Crippen LogP contribution in [0, 0.1) is 11.8 Å². The predicted octanol–water partition coefficient (Wildman–Crippen LogP) is 2.02. The summed E-state index contributed by atoms with van der Waals surface area (Å²) in [5, 5.41) is 22.2. The number of alkyl halides is 2. The van der Waals surface area contributed by atoms with E-state index in [1.165, 1.54) is 14.0 Å². The summed E-state index contributed by atoms with van der Waals surface area (Å²) < 4.78 is 36.8. The number of hydrogen-bond donors (Lipinski definition) is 4. The first-order valence-electron chi connectivity index (χ1n) is 13.4. The fourth-order valence-corrected chi connectivity index (χ4v) is 6.20. The summed E-state index contributed by atoms with van der Waals surface area (Å²) in [7, 11) is 3.42. The molecule has 1 fully saturated rings. The van der Waals surface area contributed by atoms with Crippen molar-refractivity contribution >= 4 is 42.3 Å². The van der Waals surface area contributed by atoms with Crippen molar-refractivity contribution in [2.24, 2.45) is 0 Å². The van der Waals surface area contributed by atoms with E-state index in [1.54, 1.807) is 29.6 Å². The van der Waals surface area contributed by atoms with Crippen molar-refractivity contribution in [1.82, 2.24) is 19.8 Å². The van der Waals surface area contributed by atoms with Gasteiger partial charge in [-0.25, -0.2) is 0 Å². The molecule has 1 saturated heterocycles. The number of aliphatic hydroxyl groups excluding tert-OH is 1. The molecule has 12 heteroatoms. The molecule has 1 aliphatic rings. The Hall–Kier alpha value is -3.36. The van der Waals surface area contributed by atoms with Crippen LogP contribution in [0.5, 0.6) is 5.75 Å². The van der Waals surface area contributed by atoms with Gasteiger partial charge in [0.2, 0.25) is 0 Å². The molecule has 4 rings (SSSR count). The molecule has 9 nitrogen and oxygen atoms in total. The number of benzene rings is 1. The SMILES string of the molecule is COc1cc(C(=O)NCC(C)O)ccc1NCC#Cc1nn2c(NC3CCN(C)CC3F)cccc2c1[Se]C(C)F. The van der Waals surface area contributed by atoms with Crippen LogP contribution in [0.25, 0.3) is 5.52 Å². The molecular formula is C29H36F2N6O3Se. The number of methoxy groups -OCH3 is 1. The molecule has 0 aliphatic carbocycles. The maximum absolute atomic E-state index is 14.7. The van der Waals surface area contributed by atoms with Crippen molar-refractivity contribution in [3.8, 4) is 17.6 Å². The molecule has 4 atom stereocenters. The molecule has 4 N–H and O–H groups in total. The van der Waals surface area contributed by atoms with Gasteiger partial charge >= 0.3 is 221 Å². The molecule has 220 valence electrons. The fourth-order valence-electron chi connectivity index (χ4n) is 4.51. The van der Waals surface area contributed by atoms with Crippen LogP contribution in [0.1, 0.15) is 36.3 Å². The zero-order chi connectivity index (χ0) is 29.5. The van der Waals surface area contributed by atoms with Crippen molar-refractivity contribution in [3.63, 3.8) is 0 Å². The molecule has 0 radical (unpaired) electrons. The Morgan fingerprint density at radius 3 is 2.83 bits per heavy atom. The van der Waals surface area contributed by atoms with Gasteiger partial charge in [0, 0.05) is 6.54 Å². The number of carbonyl (C=O) groups excluding carboxylic acids is 1. The van der Waals surface area contributed by atoms with Crippen LogP contribution in [0.15, 0.2) is 36.4 Å². The van der Waals surface area contributed by atoms with Crippen molar-refractivity contribution in [3.05, 3.63) is 47.7 Å². The number of anilines is 2. The Labute approximate surface area is 245 Å². The number of nitrogens with one attached hydrogen (secondary N) is 3. The average molecular weight is 634 g/mol. The van der Waals surface area contributed by atoms with Gasteiger partial charge in [-0.05, 0) is 6.92 Å². The van der Waals surface area contributed by atoms with Crippen molar-refractivity contribution in [1.29, 1.82) is 0 Å². The first-order valence-corrected chi connectivity index (χ1v) is 15.3. The number of carbonyl (C=O) groups is 1. The van der Waals surface area contributed by atoms with Gasteiger partial charge < -0.3 is 5.11 Å². The van der Waals surface area contributed by atoms with Crippen LogP contribution < -0.4 is 25.1 Å². The molecule has 3 aromatic rings. The minimum atomic E-state index is -1.03. The zero-order valence-electron chi connectivity index (χ0n) is 23.6. The molecular weight excluding hydrogens is 597 g/mol. The number of hydrogen-bond acceptors (Lipinski definition) is 7. The first kappa shape index (κ1) is 30.6. The number of ether oxygens (including phenoxy) is 1. The molecule has 1 aromatic carbocycles. The molecule has 0 bridgehead atoms. The molecule has 1 aliphatic heterocycles. The van der Waals surface area contributed by atoms with E-state index < -0.39 is 32.3 Å². The van der Waals surface area contributed by atoms with Gasteiger partial charge in [0.15, 0.2) is 0 Å². The van der Waals surface area contributed by atoms with Gasteiger partial charge in [-0.1, -0.05) is 0 Å². The van der Waals surface area contributed by atoms with Crippen LogP contribution >= 0.6 is 0 Å². The quantitative estimate of drug-likeness (QED) is 0.200. The van der Waals surface area contributed by atoms with Crippen LogP contribution in [0.4, 0.5) is 20.3 Å². The fraction of sp³-hybridized carbons (Fsp3) is 0.448. The topological polar surface area (TPSA) is 103 Å². The summed E-state index contributed by atoms with van der Waals surface area (Å²) in [5.41, 5.74) is 2.30. The maximum atomic E-state index is 14.7. The summed E-state index contributed by atoms with van der Waals surface area (Å²) in [6.45, 7) is 4.69. The third kappa shape index (κ3) is 7.89. The third-order valence-corrected chi connectivity index (χ3v) is 8.59. The molecule has 4 unspecified atom stereocenters. The Kier molecular flexibility index (Phi) is 10.5. The number of piperidine rings is 1. The molecule has 3 heterocycles. The van der Waals surface area contributed by atoms with E-state index in [1.807, 2.05) is 30.1 Å². The normalized spacial score (nSPS) is 18.7. The monoisotopic (exact) mass is 634 g/mol. The summed E-state index contributed by atoms with van der Waals surface area (Å²) in [4.78, 5) is 14.3. The Morgan fingerprint density at radius 1 is 1.32 bits per heavy atom. The molecule has 0 spiro atoms. The third-order valence-electron chi connectivity index (χ3n) is 6.57. The summed E-state index contributed by atoms with van der Waals surface area (Å²) in [6.07, 6.45) is -0.986. The van der Waals surface area contributed by atoms with Gasteiger partial charge in [0.1, 0.15) is 0 Å². The number of aliphatic hydroxyl groups is 1. The van der Waals surface area contributed by atoms with Crippen molar-refractivity contribution in [2.45, 2.75) is 43.7 Å². The van der Waals surface area contributed by atoms with E-state index in [-0.39, 0.29) is 25.0 Å². The van der Waals surface area contributed by atoms with Gasteiger partial charge in [0.05, 0.1) is 6.10 Å². The number of fused-ring (bicyclic) bond motifs is 1. The molecule has 41 heavy (non-hydrogen) atoms. The second kappa shape index (κ2) is 14.0. The Morgan fingerprint density at radius 2 is 2.12 bits per heavy atom. The second-order valence-electron chi connectivity index (χ2n) is 9.99. The standard InChI is InChI=1S/C29H36F2N6O3Se/c1-18(38)16-33-29(39)20-10-11-23(26(15-20)40-4)32-13-6-7-24-28(41-19(2)30)25-8-5-9-27(37(25)35-24)34-22-12-14-36(3)17-21(22)31/h5,8-11,15,18-19,21-22,32,34,38H,12-14,16-17H2,1-4H3,(H,33,39). The van der Waals surface area contributed by atoms with Gasteiger partial charge in [-0.15, -0.1) is 0 Å². The summed E-state index contributed by atoms with van der Waals surface area (Å²) >= 11 is -0.512. The number of nitrogens with zero attached hydrogens (tertiary/aromatic N) is 3. The summed E-state index contributed by atoms with van der Waals surface area (Å²) in [6, 6.07) is 10.2. The van der Waals surface area contributed by atoms with Gasteiger partial charge in [0.25, 0.3) is 0 Å². The van der Waals surface area contributed by atoms with Crippen LogP contribution in [0.2, 0.25) is 0 Å². The number of pyridine rings is 1. The van der Waals surface area contributed by atoms with E-state index in [4.69, 9.17) is 9.84 Å². The Balaban J connectivity index is 1.52. The zero-order valence-corrected chi connectivity index (χ0v) is 25.3. The van der Waals surface area contributed by atoms with E-state index in [0.717, 1.165) is 16.5 Å². The summed E-state index contributed by atoms with van der Waals surface area (Å²) in [5.74, 6) is 6.95. The number of likely N-dealkylation sites (tertiary alicyclic amines) is 1. The van der Waals surface area contributed by atoms with Crippen molar-refractivity contribution in [2.75, 3.05) is 51.0 Å². The molecule has 0 saturated carbocycles. The number of halogens is 2. The number of rotatable bonds is 10. The van der Waals surface area contributed by atoms with E-state index in [9.17, 15) is 18.7 Å². The minimum absolute atomic E-state index is 0.149. The predicted molar refractivity (Wildman–Crippen MR) is 158 cm³/mol. The van der Waals surface area contributed by atoms with Crippen molar-refractivity contribution < 1.29 is 23.4 Å². The van der Waals surface area contributed by atoms with Gasteiger partial charge in [-0.3, -0.25) is 0 Å². The van der Waals surface area contributed by atoms with E-state index in [2.05, 4.69) is 27.8 Å². The van der Waals surface area contributed by atoms with E-state index in [0.29, 0.717) is 41.5 Å². The number of aromatic nitrogens is 2. The van der Waals surface area contributed by atoms with E-state index >= 15 is 0 Å². The van der Waals surface area contributed by atoms with Gasteiger partial charge in [-0.2, -0.15) is 0 Å². The second-order valence-corrected chi connectivity index (χ2v) is 12.7. The first-order chi connectivity index (χ1) is 19.7. The van der Waals surface area contributed by atoms with Crippen LogP contribution in [-0.2, 0) is 0 Å². The molecule has 1 amide bonds. The van der Waals surface area contributed by atoms with Crippen LogP contribution in [0.3, 0.4) is 0 Å². The number of amides is 1.